The first-order valence-electron chi connectivity index (χ1n) is 10.4. The van der Waals surface area contributed by atoms with Gasteiger partial charge in [0.15, 0.2) is 0 Å². The van der Waals surface area contributed by atoms with Crippen LogP contribution in [0.3, 0.4) is 0 Å². The number of nitrogens with one attached hydrogen (secondary N) is 2. The van der Waals surface area contributed by atoms with Gasteiger partial charge in [0.05, 0.1) is 36.9 Å². The van der Waals surface area contributed by atoms with Crippen LogP contribution in [0.4, 0.5) is 13.2 Å². The first-order valence-corrected chi connectivity index (χ1v) is 10.4. The van der Waals surface area contributed by atoms with Crippen LogP contribution in [-0.4, -0.2) is 38.3 Å². The van der Waals surface area contributed by atoms with Crippen molar-refractivity contribution in [3.8, 4) is 11.6 Å². The topological polar surface area (TPSA) is 87.5 Å². The van der Waals surface area contributed by atoms with Crippen LogP contribution < -0.4 is 15.5 Å². The normalized spacial score (nSPS) is 18.0. The van der Waals surface area contributed by atoms with E-state index in [1.54, 1.807) is 22.0 Å². The second kappa shape index (κ2) is 8.10. The number of aromatic nitrogens is 3. The molecular formula is C23H21F3N6O2. The van der Waals surface area contributed by atoms with Gasteiger partial charge in [-0.3, -0.25) is 5.01 Å². The third kappa shape index (κ3) is 3.83. The molecule has 0 aliphatic carbocycles. The number of hydrazine groups is 1. The number of pyridine rings is 1. The van der Waals surface area contributed by atoms with E-state index < -0.39 is 17.9 Å². The van der Waals surface area contributed by atoms with Crippen LogP contribution in [0, 0.1) is 6.92 Å². The number of halogens is 3. The fourth-order valence-electron chi connectivity index (χ4n) is 4.08. The summed E-state index contributed by atoms with van der Waals surface area (Å²) in [6.45, 7) is 1.96. The van der Waals surface area contributed by atoms with Crippen molar-refractivity contribution in [1.29, 1.82) is 0 Å². The number of rotatable bonds is 4. The van der Waals surface area contributed by atoms with Crippen molar-refractivity contribution in [3.05, 3.63) is 89.1 Å². The molecule has 2 aliphatic rings. The number of aryl methyl sites for hydroxylation is 1. The maximum Gasteiger partial charge on any atom is 0.417 e. The van der Waals surface area contributed by atoms with Gasteiger partial charge in [-0.05, 0) is 36.8 Å². The Morgan fingerprint density at radius 1 is 1.18 bits per heavy atom. The van der Waals surface area contributed by atoms with E-state index >= 15 is 0 Å². The number of hydrogen-bond acceptors (Lipinski definition) is 7. The lowest BCUT2D eigenvalue weighted by Gasteiger charge is -2.25. The van der Waals surface area contributed by atoms with Gasteiger partial charge in [0, 0.05) is 11.8 Å². The number of aliphatic hydroxyl groups is 1. The van der Waals surface area contributed by atoms with E-state index in [0.29, 0.717) is 23.1 Å². The highest BCUT2D eigenvalue weighted by Crippen LogP contribution is 2.39. The van der Waals surface area contributed by atoms with Crippen LogP contribution >= 0.6 is 0 Å². The molecule has 0 spiro atoms. The number of aliphatic hydroxyl groups excluding tert-OH is 1. The molecule has 1 aromatic carbocycles. The largest absolute Gasteiger partial charge is 0.510 e. The molecule has 1 unspecified atom stereocenters. The number of methoxy groups -OCH3 is 1. The number of hydrogen-bond donors (Lipinski definition) is 3. The van der Waals surface area contributed by atoms with Crippen molar-refractivity contribution < 1.29 is 23.0 Å². The molecule has 2 aliphatic heterocycles. The summed E-state index contributed by atoms with van der Waals surface area (Å²) in [7, 11) is 1.51. The molecule has 11 heteroatoms. The molecule has 1 atom stereocenters. The predicted octanol–water partition coefficient (Wildman–Crippen LogP) is 3.84. The van der Waals surface area contributed by atoms with Gasteiger partial charge < -0.3 is 19.7 Å². The van der Waals surface area contributed by atoms with Crippen LogP contribution in [0.15, 0.2) is 66.6 Å². The Hall–Kier alpha value is -3.99. The summed E-state index contributed by atoms with van der Waals surface area (Å²) in [5.41, 5.74) is 4.66. The number of ether oxygens (including phenoxy) is 1. The summed E-state index contributed by atoms with van der Waals surface area (Å²) in [6.07, 6.45) is -0.251. The van der Waals surface area contributed by atoms with Crippen LogP contribution in [0.25, 0.3) is 11.3 Å². The van der Waals surface area contributed by atoms with Crippen molar-refractivity contribution in [2.75, 3.05) is 13.7 Å². The Labute approximate surface area is 193 Å². The third-order valence-electron chi connectivity index (χ3n) is 5.59. The Morgan fingerprint density at radius 3 is 2.68 bits per heavy atom. The molecule has 176 valence electrons. The summed E-state index contributed by atoms with van der Waals surface area (Å²) >= 11 is 0. The lowest BCUT2D eigenvalue weighted by atomic mass is 9.97. The lowest BCUT2D eigenvalue weighted by Crippen LogP contribution is -2.35. The molecule has 0 bridgehead atoms. The van der Waals surface area contributed by atoms with Crippen molar-refractivity contribution >= 4 is 5.57 Å². The number of fused-ring (bicyclic) bond motifs is 1. The molecule has 0 amide bonds. The highest BCUT2D eigenvalue weighted by molar-refractivity contribution is 5.80. The maximum absolute atomic E-state index is 13.7. The molecule has 1 saturated heterocycles. The first-order chi connectivity index (χ1) is 16.2. The van der Waals surface area contributed by atoms with Crippen LogP contribution in [0.2, 0.25) is 0 Å². The van der Waals surface area contributed by atoms with E-state index in [0.717, 1.165) is 11.8 Å². The minimum absolute atomic E-state index is 0.0347. The fraction of sp³-hybridized carbons (Fsp3) is 0.217. The molecule has 3 aromatic rings. The molecule has 5 rings (SSSR count). The molecule has 8 nitrogen and oxygen atoms in total. The highest BCUT2D eigenvalue weighted by Gasteiger charge is 2.38. The van der Waals surface area contributed by atoms with Gasteiger partial charge in [0.2, 0.25) is 5.88 Å². The zero-order chi connectivity index (χ0) is 24.0. The Bertz CT molecular complexity index is 1310. The molecular weight excluding hydrogens is 449 g/mol. The summed E-state index contributed by atoms with van der Waals surface area (Å²) in [4.78, 5) is 8.80. The van der Waals surface area contributed by atoms with Gasteiger partial charge in [0.25, 0.3) is 0 Å². The summed E-state index contributed by atoms with van der Waals surface area (Å²) in [5.74, 6) is 0.706. The SMILES string of the molecule is COc1nc(C2NC3=C(c4ccccc4C(F)(F)F)C=C(O)CN3N2)ccc1-n1cnc(C)c1. The summed E-state index contributed by atoms with van der Waals surface area (Å²) in [5, 5.41) is 15.1. The second-order valence-electron chi connectivity index (χ2n) is 7.92. The van der Waals surface area contributed by atoms with Gasteiger partial charge in [-0.1, -0.05) is 18.2 Å². The zero-order valence-corrected chi connectivity index (χ0v) is 18.3. The smallest absolute Gasteiger partial charge is 0.417 e. The average molecular weight is 470 g/mol. The zero-order valence-electron chi connectivity index (χ0n) is 18.3. The van der Waals surface area contributed by atoms with E-state index in [9.17, 15) is 18.3 Å². The number of imidazole rings is 1. The summed E-state index contributed by atoms with van der Waals surface area (Å²) < 4.78 is 48.3. The van der Waals surface area contributed by atoms with E-state index in [2.05, 4.69) is 20.7 Å². The third-order valence-corrected chi connectivity index (χ3v) is 5.59. The second-order valence-corrected chi connectivity index (χ2v) is 7.92. The van der Waals surface area contributed by atoms with E-state index in [1.807, 2.05) is 19.2 Å². The maximum atomic E-state index is 13.7. The fourth-order valence-corrected chi connectivity index (χ4v) is 4.08. The van der Waals surface area contributed by atoms with Crippen molar-refractivity contribution in [2.24, 2.45) is 0 Å². The number of benzene rings is 1. The van der Waals surface area contributed by atoms with E-state index in [1.165, 1.54) is 31.4 Å². The van der Waals surface area contributed by atoms with E-state index in [4.69, 9.17) is 4.74 Å². The van der Waals surface area contributed by atoms with Crippen molar-refractivity contribution in [2.45, 2.75) is 19.3 Å². The monoisotopic (exact) mass is 470 g/mol. The van der Waals surface area contributed by atoms with Crippen molar-refractivity contribution in [3.63, 3.8) is 0 Å². The quantitative estimate of drug-likeness (QED) is 0.534. The molecule has 1 fully saturated rings. The molecule has 3 N–H and O–H groups in total. The Kier molecular flexibility index (Phi) is 5.20. The molecule has 2 aromatic heterocycles. The van der Waals surface area contributed by atoms with Crippen molar-refractivity contribution in [1.82, 2.24) is 30.3 Å². The van der Waals surface area contributed by atoms with Gasteiger partial charge in [-0.25, -0.2) is 15.4 Å². The first kappa shape index (κ1) is 21.8. The van der Waals surface area contributed by atoms with Gasteiger partial charge in [0.1, 0.15) is 23.4 Å². The Morgan fingerprint density at radius 2 is 1.97 bits per heavy atom. The number of alkyl halides is 3. The van der Waals surface area contributed by atoms with Gasteiger partial charge in [-0.2, -0.15) is 13.2 Å². The standard InChI is InChI=1S/C23H21F3N6O2/c1-13-10-31(12-27-13)19-8-7-18(28-22(19)34-2)20-29-21-16(9-14(33)11-32(21)30-20)15-5-3-4-6-17(15)23(24,25)26/h3-10,12,20,29-30,33H,11H2,1-2H3. The summed E-state index contributed by atoms with van der Waals surface area (Å²) in [6, 6.07) is 8.89. The van der Waals surface area contributed by atoms with Crippen LogP contribution in [0.5, 0.6) is 5.88 Å². The average Bonchev–Trinajstić information content (AvgIpc) is 3.43. The Balaban J connectivity index is 1.52. The molecule has 0 radical (unpaired) electrons. The highest BCUT2D eigenvalue weighted by atomic mass is 19.4. The minimum atomic E-state index is -4.54. The van der Waals surface area contributed by atoms with E-state index in [-0.39, 0.29) is 23.4 Å². The molecule has 0 saturated carbocycles. The number of allylic oxidation sites excluding steroid dienone is 2. The predicted molar refractivity (Wildman–Crippen MR) is 117 cm³/mol. The van der Waals surface area contributed by atoms with Gasteiger partial charge in [-0.15, -0.1) is 0 Å². The van der Waals surface area contributed by atoms with Crippen LogP contribution in [-0.2, 0) is 6.18 Å². The lowest BCUT2D eigenvalue weighted by molar-refractivity contribution is -0.137. The molecule has 4 heterocycles. The minimum Gasteiger partial charge on any atom is -0.510 e. The van der Waals surface area contributed by atoms with Crippen LogP contribution in [0.1, 0.15) is 28.7 Å². The van der Waals surface area contributed by atoms with Gasteiger partial charge >= 0.3 is 6.18 Å². The molecule has 34 heavy (non-hydrogen) atoms. The number of nitrogens with zero attached hydrogens (tertiary/aromatic N) is 4.